The topological polar surface area (TPSA) is 34.1 Å². The molecule has 0 aliphatic heterocycles. The van der Waals surface area contributed by atoms with Crippen molar-refractivity contribution in [1.29, 1.82) is 0 Å². The van der Waals surface area contributed by atoms with Gasteiger partial charge in [0.25, 0.3) is 0 Å². The SMILES string of the molecule is Cc1cc2c(NC(C)c3ccccc3)cccc2c(OC(C)C)n1. The molecule has 0 saturated carbocycles. The smallest absolute Gasteiger partial charge is 0.221 e. The second kappa shape index (κ2) is 6.91. The van der Waals surface area contributed by atoms with Gasteiger partial charge in [-0.3, -0.25) is 0 Å². The number of ether oxygens (including phenoxy) is 1. The highest BCUT2D eigenvalue weighted by Crippen LogP contribution is 2.32. The summed E-state index contributed by atoms with van der Waals surface area (Å²) in [5.41, 5.74) is 3.32. The summed E-state index contributed by atoms with van der Waals surface area (Å²) >= 11 is 0. The van der Waals surface area contributed by atoms with Gasteiger partial charge in [-0.25, -0.2) is 4.98 Å². The van der Waals surface area contributed by atoms with Gasteiger partial charge in [0.05, 0.1) is 6.10 Å². The molecule has 0 radical (unpaired) electrons. The van der Waals surface area contributed by atoms with Crippen molar-refractivity contribution >= 4 is 16.5 Å². The molecule has 0 aliphatic carbocycles. The molecule has 0 aliphatic rings. The molecule has 1 heterocycles. The number of nitrogens with one attached hydrogen (secondary N) is 1. The first-order chi connectivity index (χ1) is 11.5. The van der Waals surface area contributed by atoms with E-state index in [-0.39, 0.29) is 12.1 Å². The van der Waals surface area contributed by atoms with Crippen LogP contribution < -0.4 is 10.1 Å². The van der Waals surface area contributed by atoms with Crippen LogP contribution in [0.3, 0.4) is 0 Å². The second-order valence-electron chi connectivity index (χ2n) is 6.41. The van der Waals surface area contributed by atoms with Crippen LogP contribution in [-0.4, -0.2) is 11.1 Å². The predicted octanol–water partition coefficient (Wildman–Crippen LogP) is 5.50. The Kier molecular flexibility index (Phi) is 4.70. The summed E-state index contributed by atoms with van der Waals surface area (Å²) in [5.74, 6) is 0.705. The zero-order valence-electron chi connectivity index (χ0n) is 14.7. The molecule has 24 heavy (non-hydrogen) atoms. The van der Waals surface area contributed by atoms with E-state index in [0.29, 0.717) is 5.88 Å². The molecule has 1 aromatic heterocycles. The third kappa shape index (κ3) is 3.51. The molecule has 0 spiro atoms. The predicted molar refractivity (Wildman–Crippen MR) is 101 cm³/mol. The van der Waals surface area contributed by atoms with E-state index in [1.54, 1.807) is 0 Å². The number of rotatable bonds is 5. The lowest BCUT2D eigenvalue weighted by atomic mass is 10.1. The summed E-state index contributed by atoms with van der Waals surface area (Å²) in [4.78, 5) is 4.57. The summed E-state index contributed by atoms with van der Waals surface area (Å²) in [6, 6.07) is 19.0. The van der Waals surface area contributed by atoms with Gasteiger partial charge in [0.1, 0.15) is 0 Å². The van der Waals surface area contributed by atoms with Crippen LogP contribution in [0.2, 0.25) is 0 Å². The van der Waals surface area contributed by atoms with Gasteiger partial charge in [-0.2, -0.15) is 0 Å². The van der Waals surface area contributed by atoms with Crippen LogP contribution in [0.4, 0.5) is 5.69 Å². The lowest BCUT2D eigenvalue weighted by Crippen LogP contribution is -2.09. The number of anilines is 1. The molecule has 2 aromatic carbocycles. The van der Waals surface area contributed by atoms with E-state index in [4.69, 9.17) is 4.74 Å². The van der Waals surface area contributed by atoms with Crippen molar-refractivity contribution in [2.75, 3.05) is 5.32 Å². The Morgan fingerprint density at radius 1 is 0.917 bits per heavy atom. The maximum Gasteiger partial charge on any atom is 0.221 e. The Morgan fingerprint density at radius 3 is 2.38 bits per heavy atom. The molecule has 1 atom stereocenters. The maximum atomic E-state index is 5.91. The number of aryl methyl sites for hydroxylation is 1. The minimum atomic E-state index is 0.0994. The van der Waals surface area contributed by atoms with E-state index < -0.39 is 0 Å². The van der Waals surface area contributed by atoms with Crippen LogP contribution in [0, 0.1) is 6.92 Å². The molecule has 3 rings (SSSR count). The van der Waals surface area contributed by atoms with Gasteiger partial charge >= 0.3 is 0 Å². The van der Waals surface area contributed by atoms with Crippen LogP contribution in [0.25, 0.3) is 10.8 Å². The van der Waals surface area contributed by atoms with E-state index in [9.17, 15) is 0 Å². The Morgan fingerprint density at radius 2 is 1.67 bits per heavy atom. The summed E-state index contributed by atoms with van der Waals surface area (Å²) in [5, 5.41) is 5.81. The third-order valence-electron chi connectivity index (χ3n) is 3.99. The normalized spacial score (nSPS) is 12.4. The standard InChI is InChI=1S/C21H24N2O/c1-14(2)24-21-18-11-8-12-20(19(18)13-15(3)22-21)23-16(4)17-9-6-5-7-10-17/h5-14,16,23H,1-4H3. The average molecular weight is 320 g/mol. The lowest BCUT2D eigenvalue weighted by molar-refractivity contribution is 0.235. The van der Waals surface area contributed by atoms with E-state index in [1.165, 1.54) is 5.56 Å². The zero-order valence-corrected chi connectivity index (χ0v) is 14.7. The molecule has 0 saturated heterocycles. The number of aromatic nitrogens is 1. The molecular formula is C21H24N2O. The number of benzene rings is 2. The fourth-order valence-corrected chi connectivity index (χ4v) is 2.87. The fourth-order valence-electron chi connectivity index (χ4n) is 2.87. The van der Waals surface area contributed by atoms with Crippen molar-refractivity contribution < 1.29 is 4.74 Å². The first kappa shape index (κ1) is 16.3. The number of hydrogen-bond donors (Lipinski definition) is 1. The summed E-state index contributed by atoms with van der Waals surface area (Å²) in [7, 11) is 0. The molecule has 3 nitrogen and oxygen atoms in total. The minimum Gasteiger partial charge on any atom is -0.474 e. The molecule has 1 N–H and O–H groups in total. The highest BCUT2D eigenvalue weighted by atomic mass is 16.5. The van der Waals surface area contributed by atoms with Crippen molar-refractivity contribution in [3.05, 3.63) is 65.9 Å². The summed E-state index contributed by atoms with van der Waals surface area (Å²) < 4.78 is 5.91. The van der Waals surface area contributed by atoms with E-state index in [0.717, 1.165) is 22.2 Å². The zero-order chi connectivity index (χ0) is 17.1. The van der Waals surface area contributed by atoms with Crippen LogP contribution in [0.1, 0.15) is 38.1 Å². The van der Waals surface area contributed by atoms with Crippen molar-refractivity contribution in [3.63, 3.8) is 0 Å². The van der Waals surface area contributed by atoms with Gasteiger partial charge in [-0.1, -0.05) is 36.4 Å². The Hall–Kier alpha value is -2.55. The van der Waals surface area contributed by atoms with E-state index in [2.05, 4.69) is 59.7 Å². The van der Waals surface area contributed by atoms with Crippen molar-refractivity contribution in [2.24, 2.45) is 0 Å². The van der Waals surface area contributed by atoms with Crippen molar-refractivity contribution in [3.8, 4) is 5.88 Å². The molecule has 3 aromatic rings. The molecule has 124 valence electrons. The first-order valence-electron chi connectivity index (χ1n) is 8.43. The van der Waals surface area contributed by atoms with Crippen LogP contribution in [0.5, 0.6) is 5.88 Å². The molecule has 0 bridgehead atoms. The first-order valence-corrected chi connectivity index (χ1v) is 8.43. The molecule has 1 unspecified atom stereocenters. The van der Waals surface area contributed by atoms with Gasteiger partial charge in [0, 0.05) is 28.2 Å². The molecule has 0 fully saturated rings. The molecule has 0 amide bonds. The summed E-state index contributed by atoms with van der Waals surface area (Å²) in [6.07, 6.45) is 0.0994. The molecule has 3 heteroatoms. The van der Waals surface area contributed by atoms with Gasteiger partial charge in [0.2, 0.25) is 5.88 Å². The average Bonchev–Trinajstić information content (AvgIpc) is 2.56. The van der Waals surface area contributed by atoms with Crippen LogP contribution >= 0.6 is 0 Å². The second-order valence-corrected chi connectivity index (χ2v) is 6.41. The number of pyridine rings is 1. The Bertz CT molecular complexity index is 828. The van der Waals surface area contributed by atoms with E-state index >= 15 is 0 Å². The monoisotopic (exact) mass is 320 g/mol. The summed E-state index contributed by atoms with van der Waals surface area (Å²) in [6.45, 7) is 8.22. The van der Waals surface area contributed by atoms with Gasteiger partial charge in [-0.15, -0.1) is 0 Å². The van der Waals surface area contributed by atoms with Crippen molar-refractivity contribution in [2.45, 2.75) is 39.8 Å². The van der Waals surface area contributed by atoms with Crippen LogP contribution in [0.15, 0.2) is 54.6 Å². The largest absolute Gasteiger partial charge is 0.474 e. The van der Waals surface area contributed by atoms with Gasteiger partial charge in [-0.05, 0) is 51.5 Å². The third-order valence-corrected chi connectivity index (χ3v) is 3.99. The van der Waals surface area contributed by atoms with E-state index in [1.807, 2.05) is 32.9 Å². The Labute approximate surface area is 143 Å². The quantitative estimate of drug-likeness (QED) is 0.673. The minimum absolute atomic E-state index is 0.0994. The van der Waals surface area contributed by atoms with Crippen LogP contribution in [-0.2, 0) is 0 Å². The van der Waals surface area contributed by atoms with Gasteiger partial charge in [0.15, 0.2) is 0 Å². The Balaban J connectivity index is 2.01. The lowest BCUT2D eigenvalue weighted by Gasteiger charge is -2.19. The number of nitrogens with zero attached hydrogens (tertiary/aromatic N) is 1. The fraction of sp³-hybridized carbons (Fsp3) is 0.286. The van der Waals surface area contributed by atoms with Gasteiger partial charge < -0.3 is 10.1 Å². The number of hydrogen-bond acceptors (Lipinski definition) is 3. The van der Waals surface area contributed by atoms with Crippen molar-refractivity contribution in [1.82, 2.24) is 4.98 Å². The highest BCUT2D eigenvalue weighted by Gasteiger charge is 2.12. The number of fused-ring (bicyclic) bond motifs is 1. The maximum absolute atomic E-state index is 5.91. The molecular weight excluding hydrogens is 296 g/mol. The highest BCUT2D eigenvalue weighted by molar-refractivity contribution is 5.97.